The molecule has 32 heavy (non-hydrogen) atoms. The van der Waals surface area contributed by atoms with Crippen LogP contribution in [0.4, 0.5) is 13.2 Å². The lowest BCUT2D eigenvalue weighted by Crippen LogP contribution is -2.17. The number of aryl methyl sites for hydroxylation is 1. The maximum absolute atomic E-state index is 14.4. The van der Waals surface area contributed by atoms with Crippen LogP contribution >= 0.6 is 0 Å². The number of benzene rings is 3. The predicted octanol–water partition coefficient (Wildman–Crippen LogP) is 8.71. The molecule has 0 spiro atoms. The SMILES string of the molecule is CCCCc1c(C(C)(C)C)cc(-c2ccccc2)c2c(C(F)(F)F)nc3ccccc3c12. The molecule has 1 heterocycles. The van der Waals surface area contributed by atoms with E-state index < -0.39 is 11.9 Å². The minimum atomic E-state index is -4.56. The van der Waals surface area contributed by atoms with Crippen molar-refractivity contribution in [1.29, 1.82) is 0 Å². The third-order valence-electron chi connectivity index (χ3n) is 6.02. The molecule has 0 fully saturated rings. The summed E-state index contributed by atoms with van der Waals surface area (Å²) in [5.74, 6) is 0. The monoisotopic (exact) mass is 435 g/mol. The highest BCUT2D eigenvalue weighted by molar-refractivity contribution is 6.14. The molecule has 0 unspecified atom stereocenters. The number of hydrogen-bond donors (Lipinski definition) is 0. The number of alkyl halides is 3. The first-order chi connectivity index (χ1) is 15.1. The Kier molecular flexibility index (Phi) is 5.74. The lowest BCUT2D eigenvalue weighted by Gasteiger charge is -2.28. The molecule has 0 saturated heterocycles. The van der Waals surface area contributed by atoms with Crippen LogP contribution in [0.2, 0.25) is 0 Å². The van der Waals surface area contributed by atoms with Gasteiger partial charge in [-0.15, -0.1) is 0 Å². The average Bonchev–Trinajstić information content (AvgIpc) is 2.75. The third-order valence-corrected chi connectivity index (χ3v) is 6.02. The Hall–Kier alpha value is -2.88. The van der Waals surface area contributed by atoms with Gasteiger partial charge in [0, 0.05) is 10.8 Å². The van der Waals surface area contributed by atoms with Gasteiger partial charge in [-0.1, -0.05) is 82.6 Å². The first kappa shape index (κ1) is 22.3. The van der Waals surface area contributed by atoms with Crippen molar-refractivity contribution in [2.45, 2.75) is 58.5 Å². The molecule has 0 amide bonds. The number of rotatable bonds is 4. The number of aromatic nitrogens is 1. The van der Waals surface area contributed by atoms with E-state index in [0.717, 1.165) is 41.3 Å². The summed E-state index contributed by atoms with van der Waals surface area (Å²) in [4.78, 5) is 4.15. The highest BCUT2D eigenvalue weighted by Crippen LogP contribution is 2.46. The Labute approximate surface area is 187 Å². The van der Waals surface area contributed by atoms with E-state index in [1.54, 1.807) is 12.1 Å². The molecular formula is C28H28F3N. The second kappa shape index (κ2) is 8.23. The number of fused-ring (bicyclic) bond motifs is 3. The van der Waals surface area contributed by atoms with Gasteiger partial charge in [-0.25, -0.2) is 4.98 Å². The van der Waals surface area contributed by atoms with E-state index in [9.17, 15) is 13.2 Å². The van der Waals surface area contributed by atoms with Crippen molar-refractivity contribution in [3.63, 3.8) is 0 Å². The molecule has 0 radical (unpaired) electrons. The Bertz CT molecular complexity index is 1270. The van der Waals surface area contributed by atoms with Crippen LogP contribution in [0.5, 0.6) is 0 Å². The zero-order valence-corrected chi connectivity index (χ0v) is 19.0. The van der Waals surface area contributed by atoms with Gasteiger partial charge < -0.3 is 0 Å². The van der Waals surface area contributed by atoms with Crippen LogP contribution in [0.1, 0.15) is 57.4 Å². The van der Waals surface area contributed by atoms with Crippen molar-refractivity contribution >= 4 is 21.7 Å². The molecule has 1 nitrogen and oxygen atoms in total. The number of nitrogens with zero attached hydrogens (tertiary/aromatic N) is 1. The van der Waals surface area contributed by atoms with Gasteiger partial charge >= 0.3 is 6.18 Å². The normalized spacial score (nSPS) is 12.6. The van der Waals surface area contributed by atoms with Gasteiger partial charge in [0.05, 0.1) is 5.52 Å². The predicted molar refractivity (Wildman–Crippen MR) is 127 cm³/mol. The number of hydrogen-bond acceptors (Lipinski definition) is 1. The molecule has 1 aromatic heterocycles. The lowest BCUT2D eigenvalue weighted by atomic mass is 9.77. The van der Waals surface area contributed by atoms with Crippen molar-refractivity contribution in [2.24, 2.45) is 0 Å². The summed E-state index contributed by atoms with van der Waals surface area (Å²) < 4.78 is 43.2. The Morgan fingerprint density at radius 2 is 1.50 bits per heavy atom. The quantitative estimate of drug-likeness (QED) is 0.292. The number of para-hydroxylation sites is 1. The molecule has 0 bridgehead atoms. The van der Waals surface area contributed by atoms with Crippen LogP contribution in [0.25, 0.3) is 32.8 Å². The summed E-state index contributed by atoms with van der Waals surface area (Å²) in [7, 11) is 0. The Morgan fingerprint density at radius 1 is 0.844 bits per heavy atom. The molecule has 0 aliphatic heterocycles. The van der Waals surface area contributed by atoms with E-state index in [0.29, 0.717) is 16.5 Å². The van der Waals surface area contributed by atoms with Gasteiger partial charge in [0.25, 0.3) is 0 Å². The van der Waals surface area contributed by atoms with Gasteiger partial charge in [0.1, 0.15) is 0 Å². The minimum absolute atomic E-state index is 0.210. The van der Waals surface area contributed by atoms with E-state index in [1.165, 1.54) is 0 Å². The highest BCUT2D eigenvalue weighted by atomic mass is 19.4. The molecule has 0 aliphatic carbocycles. The summed E-state index contributed by atoms with van der Waals surface area (Å²) in [6.07, 6.45) is -1.93. The van der Waals surface area contributed by atoms with Crippen molar-refractivity contribution in [1.82, 2.24) is 4.98 Å². The molecule has 4 rings (SSSR count). The molecule has 0 atom stereocenters. The fourth-order valence-electron chi connectivity index (χ4n) is 4.56. The summed E-state index contributed by atoms with van der Waals surface area (Å²) >= 11 is 0. The van der Waals surface area contributed by atoms with E-state index in [2.05, 4.69) is 32.7 Å². The molecule has 4 aromatic rings. The maximum Gasteiger partial charge on any atom is 0.434 e. The molecule has 166 valence electrons. The second-order valence-electron chi connectivity index (χ2n) is 9.40. The smallest absolute Gasteiger partial charge is 0.243 e. The fourth-order valence-corrected chi connectivity index (χ4v) is 4.56. The summed E-state index contributed by atoms with van der Waals surface area (Å²) in [6.45, 7) is 8.50. The maximum atomic E-state index is 14.4. The first-order valence-corrected chi connectivity index (χ1v) is 11.1. The molecule has 0 saturated carbocycles. The van der Waals surface area contributed by atoms with Crippen LogP contribution in [0.15, 0.2) is 60.7 Å². The summed E-state index contributed by atoms with van der Waals surface area (Å²) in [6, 6.07) is 18.6. The van der Waals surface area contributed by atoms with Crippen LogP contribution in [0, 0.1) is 0 Å². The molecule has 3 aromatic carbocycles. The number of unbranched alkanes of at least 4 members (excludes halogenated alkanes) is 1. The van der Waals surface area contributed by atoms with Crippen LogP contribution < -0.4 is 0 Å². The van der Waals surface area contributed by atoms with E-state index in [1.807, 2.05) is 48.5 Å². The Morgan fingerprint density at radius 3 is 2.12 bits per heavy atom. The summed E-state index contributed by atoms with van der Waals surface area (Å²) in [5, 5.41) is 1.69. The van der Waals surface area contributed by atoms with E-state index in [4.69, 9.17) is 0 Å². The zero-order valence-electron chi connectivity index (χ0n) is 19.0. The highest BCUT2D eigenvalue weighted by Gasteiger charge is 2.37. The standard InChI is InChI=1S/C28H28F3N/c1-5-6-14-19-22(27(2,3)4)17-21(18-12-8-7-9-13-18)25-24(19)20-15-10-11-16-23(20)32-26(25)28(29,30)31/h7-13,15-17H,5-6,14H2,1-4H3. The molecule has 0 N–H and O–H groups in total. The molecule has 0 aliphatic rings. The van der Waals surface area contributed by atoms with Gasteiger partial charge in [-0.3, -0.25) is 0 Å². The fraction of sp³-hybridized carbons (Fsp3) is 0.321. The number of halogens is 3. The summed E-state index contributed by atoms with van der Waals surface area (Å²) in [5.41, 5.74) is 2.84. The van der Waals surface area contributed by atoms with E-state index >= 15 is 0 Å². The van der Waals surface area contributed by atoms with Crippen molar-refractivity contribution in [3.05, 3.63) is 77.5 Å². The van der Waals surface area contributed by atoms with E-state index in [-0.39, 0.29) is 10.8 Å². The van der Waals surface area contributed by atoms with Gasteiger partial charge in [0.2, 0.25) is 0 Å². The van der Waals surface area contributed by atoms with Crippen molar-refractivity contribution < 1.29 is 13.2 Å². The lowest BCUT2D eigenvalue weighted by molar-refractivity contribution is -0.139. The first-order valence-electron chi connectivity index (χ1n) is 11.1. The largest absolute Gasteiger partial charge is 0.434 e. The minimum Gasteiger partial charge on any atom is -0.243 e. The van der Waals surface area contributed by atoms with Crippen LogP contribution in [-0.4, -0.2) is 4.98 Å². The average molecular weight is 436 g/mol. The zero-order chi connectivity index (χ0) is 23.1. The van der Waals surface area contributed by atoms with Crippen LogP contribution in [0.3, 0.4) is 0 Å². The van der Waals surface area contributed by atoms with Crippen molar-refractivity contribution in [2.75, 3.05) is 0 Å². The Balaban J connectivity index is 2.32. The topological polar surface area (TPSA) is 12.9 Å². The number of pyridine rings is 1. The third kappa shape index (κ3) is 3.99. The van der Waals surface area contributed by atoms with Gasteiger partial charge in [-0.2, -0.15) is 13.2 Å². The molecular weight excluding hydrogens is 407 g/mol. The molecule has 4 heteroatoms. The van der Waals surface area contributed by atoms with Crippen molar-refractivity contribution in [3.8, 4) is 11.1 Å². The van der Waals surface area contributed by atoms with Crippen LogP contribution in [-0.2, 0) is 18.0 Å². The van der Waals surface area contributed by atoms with Gasteiger partial charge in [-0.05, 0) is 58.0 Å². The van der Waals surface area contributed by atoms with Gasteiger partial charge in [0.15, 0.2) is 5.69 Å². The second-order valence-corrected chi connectivity index (χ2v) is 9.40.